The molecule has 0 aliphatic heterocycles. The highest BCUT2D eigenvalue weighted by atomic mass is 16.5. The highest BCUT2D eigenvalue weighted by molar-refractivity contribution is 5.96. The normalized spacial score (nSPS) is 12.1. The highest BCUT2D eigenvalue weighted by Gasteiger charge is 2.23. The van der Waals surface area contributed by atoms with Gasteiger partial charge in [-0.15, -0.1) is 0 Å². The van der Waals surface area contributed by atoms with Crippen LogP contribution in [-0.4, -0.2) is 25.0 Å². The SMILES string of the molecule is COC(=O)C(CC(C)C)NC(=O)c1ccc(CN)cc1. The Bertz CT molecular complexity index is 455. The van der Waals surface area contributed by atoms with E-state index in [9.17, 15) is 9.59 Å². The molecule has 0 aliphatic carbocycles. The molecule has 5 nitrogen and oxygen atoms in total. The first kappa shape index (κ1) is 16.2. The van der Waals surface area contributed by atoms with E-state index in [0.29, 0.717) is 18.5 Å². The number of amides is 1. The lowest BCUT2D eigenvalue weighted by molar-refractivity contribution is -0.143. The van der Waals surface area contributed by atoms with Crippen LogP contribution in [0.1, 0.15) is 36.2 Å². The second kappa shape index (κ2) is 7.65. The summed E-state index contributed by atoms with van der Waals surface area (Å²) in [4.78, 5) is 23.8. The molecule has 0 bridgehead atoms. The van der Waals surface area contributed by atoms with E-state index in [4.69, 9.17) is 10.5 Å². The van der Waals surface area contributed by atoms with Crippen LogP contribution >= 0.6 is 0 Å². The van der Waals surface area contributed by atoms with Crippen molar-refractivity contribution in [1.29, 1.82) is 0 Å². The predicted molar refractivity (Wildman–Crippen MR) is 77.1 cm³/mol. The summed E-state index contributed by atoms with van der Waals surface area (Å²) >= 11 is 0. The molecule has 0 heterocycles. The van der Waals surface area contributed by atoms with Crippen LogP contribution in [0.25, 0.3) is 0 Å². The Hall–Kier alpha value is -1.88. The van der Waals surface area contributed by atoms with Gasteiger partial charge in [-0.1, -0.05) is 26.0 Å². The topological polar surface area (TPSA) is 81.4 Å². The summed E-state index contributed by atoms with van der Waals surface area (Å²) in [5, 5.41) is 2.71. The van der Waals surface area contributed by atoms with Gasteiger partial charge in [0.2, 0.25) is 0 Å². The maximum Gasteiger partial charge on any atom is 0.328 e. The lowest BCUT2D eigenvalue weighted by atomic mass is 10.0. The number of hydrogen-bond donors (Lipinski definition) is 2. The van der Waals surface area contributed by atoms with Crippen molar-refractivity contribution in [2.75, 3.05) is 7.11 Å². The number of esters is 1. The third-order valence-electron chi connectivity index (χ3n) is 2.95. The monoisotopic (exact) mass is 278 g/mol. The maximum absolute atomic E-state index is 12.1. The van der Waals surface area contributed by atoms with E-state index in [1.165, 1.54) is 7.11 Å². The molecule has 0 saturated carbocycles. The molecule has 1 unspecified atom stereocenters. The van der Waals surface area contributed by atoms with Crippen LogP contribution in [0.2, 0.25) is 0 Å². The van der Waals surface area contributed by atoms with Crippen molar-refractivity contribution in [3.63, 3.8) is 0 Å². The van der Waals surface area contributed by atoms with E-state index in [-0.39, 0.29) is 11.8 Å². The number of nitrogens with two attached hydrogens (primary N) is 1. The molecule has 1 atom stereocenters. The number of nitrogens with one attached hydrogen (secondary N) is 1. The number of rotatable bonds is 6. The van der Waals surface area contributed by atoms with Crippen molar-refractivity contribution in [3.8, 4) is 0 Å². The van der Waals surface area contributed by atoms with Crippen LogP contribution in [0, 0.1) is 5.92 Å². The zero-order valence-corrected chi connectivity index (χ0v) is 12.2. The molecule has 5 heteroatoms. The van der Waals surface area contributed by atoms with Crippen LogP contribution < -0.4 is 11.1 Å². The molecule has 110 valence electrons. The Morgan fingerprint density at radius 1 is 1.25 bits per heavy atom. The fraction of sp³-hybridized carbons (Fsp3) is 0.467. The van der Waals surface area contributed by atoms with Gasteiger partial charge in [0.15, 0.2) is 0 Å². The van der Waals surface area contributed by atoms with Crippen molar-refractivity contribution < 1.29 is 14.3 Å². The van der Waals surface area contributed by atoms with Crippen LogP contribution in [0.3, 0.4) is 0 Å². The van der Waals surface area contributed by atoms with Crippen LogP contribution in [0.5, 0.6) is 0 Å². The van der Waals surface area contributed by atoms with Crippen molar-refractivity contribution in [1.82, 2.24) is 5.32 Å². The first-order chi connectivity index (χ1) is 9.47. The largest absolute Gasteiger partial charge is 0.467 e. The summed E-state index contributed by atoms with van der Waals surface area (Å²) in [5.41, 5.74) is 6.96. The zero-order chi connectivity index (χ0) is 15.1. The van der Waals surface area contributed by atoms with Crippen molar-refractivity contribution in [2.24, 2.45) is 11.7 Å². The van der Waals surface area contributed by atoms with Crippen LogP contribution in [0.4, 0.5) is 0 Å². The third-order valence-corrected chi connectivity index (χ3v) is 2.95. The van der Waals surface area contributed by atoms with E-state index in [1.807, 2.05) is 13.8 Å². The van der Waals surface area contributed by atoms with Gasteiger partial charge < -0.3 is 15.8 Å². The second-order valence-electron chi connectivity index (χ2n) is 5.08. The molecule has 0 fully saturated rings. The van der Waals surface area contributed by atoms with Crippen molar-refractivity contribution in [3.05, 3.63) is 35.4 Å². The molecule has 0 aromatic heterocycles. The van der Waals surface area contributed by atoms with Crippen molar-refractivity contribution >= 4 is 11.9 Å². The highest BCUT2D eigenvalue weighted by Crippen LogP contribution is 2.09. The minimum atomic E-state index is -0.623. The molecule has 0 spiro atoms. The van der Waals surface area contributed by atoms with Gasteiger partial charge in [0.05, 0.1) is 7.11 Å². The van der Waals surface area contributed by atoms with Gasteiger partial charge in [0, 0.05) is 12.1 Å². The summed E-state index contributed by atoms with van der Waals surface area (Å²) in [6, 6.07) is 6.36. The van der Waals surface area contributed by atoms with Gasteiger partial charge in [-0.3, -0.25) is 4.79 Å². The van der Waals surface area contributed by atoms with E-state index in [2.05, 4.69) is 5.32 Å². The Morgan fingerprint density at radius 3 is 2.30 bits per heavy atom. The minimum Gasteiger partial charge on any atom is -0.467 e. The Balaban J connectivity index is 2.76. The van der Waals surface area contributed by atoms with Crippen molar-refractivity contribution in [2.45, 2.75) is 32.9 Å². The fourth-order valence-corrected chi connectivity index (χ4v) is 1.86. The first-order valence-electron chi connectivity index (χ1n) is 6.65. The standard InChI is InChI=1S/C15H22N2O3/c1-10(2)8-13(15(19)20-3)17-14(18)12-6-4-11(9-16)5-7-12/h4-7,10,13H,8-9,16H2,1-3H3,(H,17,18). The predicted octanol–water partition coefficient (Wildman–Crippen LogP) is 1.46. The van der Waals surface area contributed by atoms with E-state index in [0.717, 1.165) is 5.56 Å². The van der Waals surface area contributed by atoms with Crippen LogP contribution in [-0.2, 0) is 16.1 Å². The van der Waals surface area contributed by atoms with Gasteiger partial charge in [-0.25, -0.2) is 4.79 Å². The van der Waals surface area contributed by atoms with Crippen LogP contribution in [0.15, 0.2) is 24.3 Å². The Morgan fingerprint density at radius 2 is 1.85 bits per heavy atom. The quantitative estimate of drug-likeness (QED) is 0.772. The summed E-state index contributed by atoms with van der Waals surface area (Å²) in [6.45, 7) is 4.40. The second-order valence-corrected chi connectivity index (χ2v) is 5.08. The maximum atomic E-state index is 12.1. The lowest BCUT2D eigenvalue weighted by Gasteiger charge is -2.18. The van der Waals surface area contributed by atoms with E-state index < -0.39 is 12.0 Å². The fourth-order valence-electron chi connectivity index (χ4n) is 1.86. The average molecular weight is 278 g/mol. The van der Waals surface area contributed by atoms with E-state index >= 15 is 0 Å². The smallest absolute Gasteiger partial charge is 0.328 e. The summed E-state index contributed by atoms with van der Waals surface area (Å²) in [7, 11) is 1.32. The molecule has 1 aromatic carbocycles. The molecule has 0 radical (unpaired) electrons. The molecule has 1 aromatic rings. The molecule has 20 heavy (non-hydrogen) atoms. The van der Waals surface area contributed by atoms with Gasteiger partial charge in [0.1, 0.15) is 6.04 Å². The summed E-state index contributed by atoms with van der Waals surface area (Å²) in [5.74, 6) is -0.436. The number of hydrogen-bond acceptors (Lipinski definition) is 4. The molecular formula is C15H22N2O3. The molecule has 1 rings (SSSR count). The molecular weight excluding hydrogens is 256 g/mol. The Kier molecular flexibility index (Phi) is 6.18. The minimum absolute atomic E-state index is 0.277. The number of carbonyl (C=O) groups excluding carboxylic acids is 2. The average Bonchev–Trinajstić information content (AvgIpc) is 2.45. The summed E-state index contributed by atoms with van der Waals surface area (Å²) < 4.78 is 4.72. The van der Waals surface area contributed by atoms with Gasteiger partial charge >= 0.3 is 5.97 Å². The molecule has 0 saturated heterocycles. The lowest BCUT2D eigenvalue weighted by Crippen LogP contribution is -2.42. The number of benzene rings is 1. The first-order valence-corrected chi connectivity index (χ1v) is 6.65. The van der Waals surface area contributed by atoms with Gasteiger partial charge in [0.25, 0.3) is 5.91 Å². The molecule has 1 amide bonds. The molecule has 0 aliphatic rings. The number of methoxy groups -OCH3 is 1. The number of ether oxygens (including phenoxy) is 1. The summed E-state index contributed by atoms with van der Waals surface area (Å²) in [6.07, 6.45) is 0.541. The third kappa shape index (κ3) is 4.66. The van der Waals surface area contributed by atoms with Gasteiger partial charge in [-0.2, -0.15) is 0 Å². The number of carbonyl (C=O) groups is 2. The van der Waals surface area contributed by atoms with E-state index in [1.54, 1.807) is 24.3 Å². The van der Waals surface area contributed by atoms with Gasteiger partial charge in [-0.05, 0) is 30.0 Å². The molecule has 3 N–H and O–H groups in total. The zero-order valence-electron chi connectivity index (χ0n) is 12.2. The Labute approximate surface area is 119 Å².